The SMILES string of the molecule is O=C(Cc1csc(Nc2cccc(C(F)(F)F)c2)n1)Nc1ccc(Br)cc1. The number of nitrogens with zero attached hydrogens (tertiary/aromatic N) is 1. The minimum absolute atomic E-state index is 0.0663. The lowest BCUT2D eigenvalue weighted by molar-refractivity contribution is -0.137. The van der Waals surface area contributed by atoms with E-state index in [0.29, 0.717) is 16.5 Å². The Morgan fingerprint density at radius 2 is 1.85 bits per heavy atom. The van der Waals surface area contributed by atoms with Crippen LogP contribution in [-0.2, 0) is 17.4 Å². The summed E-state index contributed by atoms with van der Waals surface area (Å²) in [5.74, 6) is -0.228. The molecular weight excluding hydrogens is 443 g/mol. The molecule has 0 bridgehead atoms. The van der Waals surface area contributed by atoms with Gasteiger partial charge in [-0.05, 0) is 42.5 Å². The number of anilines is 3. The predicted octanol–water partition coefficient (Wildman–Crippen LogP) is 5.85. The highest BCUT2D eigenvalue weighted by Gasteiger charge is 2.30. The molecule has 3 rings (SSSR count). The summed E-state index contributed by atoms with van der Waals surface area (Å²) in [6, 6.07) is 12.0. The van der Waals surface area contributed by atoms with E-state index >= 15 is 0 Å². The van der Waals surface area contributed by atoms with Crippen LogP contribution in [0.5, 0.6) is 0 Å². The molecule has 2 N–H and O–H groups in total. The average molecular weight is 456 g/mol. The number of carbonyl (C=O) groups excluding carboxylic acids is 1. The minimum Gasteiger partial charge on any atom is -0.332 e. The average Bonchev–Trinajstić information content (AvgIpc) is 3.03. The molecule has 0 spiro atoms. The van der Waals surface area contributed by atoms with Gasteiger partial charge in [0.25, 0.3) is 0 Å². The van der Waals surface area contributed by atoms with Gasteiger partial charge in [-0.25, -0.2) is 4.98 Å². The molecule has 1 aromatic heterocycles. The standard InChI is InChI=1S/C18H13BrF3N3OS/c19-12-4-6-13(7-5-12)23-16(26)9-15-10-27-17(25-15)24-14-3-1-2-11(8-14)18(20,21)22/h1-8,10H,9H2,(H,23,26)(H,24,25). The number of nitrogens with one attached hydrogen (secondary N) is 2. The number of halogens is 4. The van der Waals surface area contributed by atoms with Gasteiger partial charge in [0.05, 0.1) is 17.7 Å². The van der Waals surface area contributed by atoms with Crippen LogP contribution in [0.4, 0.5) is 29.7 Å². The summed E-state index contributed by atoms with van der Waals surface area (Å²) in [4.78, 5) is 16.3. The number of carbonyl (C=O) groups is 1. The fourth-order valence-electron chi connectivity index (χ4n) is 2.25. The maximum absolute atomic E-state index is 12.8. The van der Waals surface area contributed by atoms with Crippen LogP contribution in [-0.4, -0.2) is 10.9 Å². The van der Waals surface area contributed by atoms with Gasteiger partial charge in [0.2, 0.25) is 5.91 Å². The monoisotopic (exact) mass is 455 g/mol. The first-order chi connectivity index (χ1) is 12.8. The molecular formula is C18H13BrF3N3OS. The highest BCUT2D eigenvalue weighted by molar-refractivity contribution is 9.10. The Hall–Kier alpha value is -2.39. The number of hydrogen-bond acceptors (Lipinski definition) is 4. The highest BCUT2D eigenvalue weighted by atomic mass is 79.9. The molecule has 4 nitrogen and oxygen atoms in total. The zero-order valence-corrected chi connectivity index (χ0v) is 16.1. The summed E-state index contributed by atoms with van der Waals surface area (Å²) < 4.78 is 39.2. The van der Waals surface area contributed by atoms with Gasteiger partial charge in [0.1, 0.15) is 0 Å². The number of alkyl halides is 3. The summed E-state index contributed by atoms with van der Waals surface area (Å²) in [6.07, 6.45) is -4.34. The Balaban J connectivity index is 1.61. The maximum atomic E-state index is 12.8. The summed E-state index contributed by atoms with van der Waals surface area (Å²) in [5.41, 5.74) is 0.744. The summed E-state index contributed by atoms with van der Waals surface area (Å²) in [5, 5.41) is 7.71. The molecule has 0 saturated carbocycles. The van der Waals surface area contributed by atoms with Crippen molar-refractivity contribution in [1.29, 1.82) is 0 Å². The van der Waals surface area contributed by atoms with Crippen LogP contribution in [0.25, 0.3) is 0 Å². The van der Waals surface area contributed by atoms with Gasteiger partial charge < -0.3 is 10.6 Å². The summed E-state index contributed by atoms with van der Waals surface area (Å²) in [7, 11) is 0. The van der Waals surface area contributed by atoms with Crippen molar-refractivity contribution >= 4 is 49.7 Å². The van der Waals surface area contributed by atoms with Gasteiger partial charge in [-0.15, -0.1) is 11.3 Å². The van der Waals surface area contributed by atoms with Gasteiger partial charge >= 0.3 is 6.18 Å². The van der Waals surface area contributed by atoms with Gasteiger partial charge in [0.15, 0.2) is 5.13 Å². The summed E-state index contributed by atoms with van der Waals surface area (Å²) in [6.45, 7) is 0. The molecule has 140 valence electrons. The van der Waals surface area contributed by atoms with Gasteiger partial charge in [0, 0.05) is 21.2 Å². The minimum atomic E-state index is -4.41. The number of benzene rings is 2. The number of thiazole rings is 1. The molecule has 0 fully saturated rings. The lowest BCUT2D eigenvalue weighted by Gasteiger charge is -2.09. The zero-order chi connectivity index (χ0) is 19.4. The molecule has 1 heterocycles. The topological polar surface area (TPSA) is 54.0 Å². The Labute approximate surface area is 165 Å². The Bertz CT molecular complexity index is 942. The number of amides is 1. The zero-order valence-electron chi connectivity index (χ0n) is 13.7. The van der Waals surface area contributed by atoms with E-state index in [1.54, 1.807) is 17.5 Å². The van der Waals surface area contributed by atoms with Crippen LogP contribution < -0.4 is 10.6 Å². The van der Waals surface area contributed by atoms with Gasteiger partial charge in [-0.3, -0.25) is 4.79 Å². The van der Waals surface area contributed by atoms with Crippen molar-refractivity contribution < 1.29 is 18.0 Å². The van der Waals surface area contributed by atoms with E-state index in [0.717, 1.165) is 16.6 Å². The maximum Gasteiger partial charge on any atom is 0.416 e. The van der Waals surface area contributed by atoms with Crippen LogP contribution in [0.2, 0.25) is 0 Å². The fourth-order valence-corrected chi connectivity index (χ4v) is 3.24. The molecule has 27 heavy (non-hydrogen) atoms. The predicted molar refractivity (Wildman–Crippen MR) is 103 cm³/mol. The van der Waals surface area contributed by atoms with E-state index in [-0.39, 0.29) is 18.0 Å². The Kier molecular flexibility index (Phi) is 5.81. The van der Waals surface area contributed by atoms with Gasteiger partial charge in [-0.2, -0.15) is 13.2 Å². The van der Waals surface area contributed by atoms with Crippen LogP contribution in [0.15, 0.2) is 58.4 Å². The lowest BCUT2D eigenvalue weighted by atomic mass is 10.2. The largest absolute Gasteiger partial charge is 0.416 e. The third-order valence-corrected chi connectivity index (χ3v) is 4.80. The molecule has 0 aliphatic rings. The summed E-state index contributed by atoms with van der Waals surface area (Å²) >= 11 is 4.54. The molecule has 1 amide bonds. The molecule has 0 radical (unpaired) electrons. The second-order valence-electron chi connectivity index (χ2n) is 5.58. The fraction of sp³-hybridized carbons (Fsp3) is 0.111. The van der Waals surface area contributed by atoms with E-state index in [1.165, 1.54) is 23.5 Å². The molecule has 0 atom stereocenters. The van der Waals surface area contributed by atoms with Crippen molar-refractivity contribution in [3.05, 3.63) is 69.6 Å². The first kappa shape index (κ1) is 19.4. The molecule has 3 aromatic rings. The normalized spacial score (nSPS) is 11.3. The molecule has 9 heteroatoms. The molecule has 0 aliphatic carbocycles. The van der Waals surface area contributed by atoms with E-state index in [2.05, 4.69) is 31.5 Å². The van der Waals surface area contributed by atoms with E-state index in [1.807, 2.05) is 12.1 Å². The van der Waals surface area contributed by atoms with Crippen molar-refractivity contribution in [1.82, 2.24) is 4.98 Å². The van der Waals surface area contributed by atoms with Crippen LogP contribution in [0.1, 0.15) is 11.3 Å². The third-order valence-electron chi connectivity index (χ3n) is 3.46. The second-order valence-corrected chi connectivity index (χ2v) is 7.35. The van der Waals surface area contributed by atoms with Crippen molar-refractivity contribution in [2.45, 2.75) is 12.6 Å². The van der Waals surface area contributed by atoms with Crippen molar-refractivity contribution in [3.63, 3.8) is 0 Å². The van der Waals surface area contributed by atoms with Crippen molar-refractivity contribution in [2.75, 3.05) is 10.6 Å². The highest BCUT2D eigenvalue weighted by Crippen LogP contribution is 2.31. The molecule has 0 saturated heterocycles. The second kappa shape index (κ2) is 8.10. The smallest absolute Gasteiger partial charge is 0.332 e. The number of aromatic nitrogens is 1. The Morgan fingerprint density at radius 1 is 1.11 bits per heavy atom. The van der Waals surface area contributed by atoms with Crippen molar-refractivity contribution in [2.24, 2.45) is 0 Å². The quantitative estimate of drug-likeness (QED) is 0.507. The number of hydrogen-bond donors (Lipinski definition) is 2. The van der Waals surface area contributed by atoms with E-state index in [4.69, 9.17) is 0 Å². The molecule has 0 aliphatic heterocycles. The van der Waals surface area contributed by atoms with E-state index in [9.17, 15) is 18.0 Å². The Morgan fingerprint density at radius 3 is 2.56 bits per heavy atom. The van der Waals surface area contributed by atoms with E-state index < -0.39 is 11.7 Å². The van der Waals surface area contributed by atoms with Crippen molar-refractivity contribution in [3.8, 4) is 0 Å². The van der Waals surface area contributed by atoms with Gasteiger partial charge in [-0.1, -0.05) is 22.0 Å². The van der Waals surface area contributed by atoms with Crippen LogP contribution in [0.3, 0.4) is 0 Å². The first-order valence-corrected chi connectivity index (χ1v) is 9.41. The first-order valence-electron chi connectivity index (χ1n) is 7.74. The van der Waals surface area contributed by atoms with Crippen LogP contribution in [0, 0.1) is 0 Å². The molecule has 0 unspecified atom stereocenters. The molecule has 2 aromatic carbocycles. The number of rotatable bonds is 5. The van der Waals surface area contributed by atoms with Crippen LogP contribution >= 0.6 is 27.3 Å². The third kappa shape index (κ3) is 5.54. The lowest BCUT2D eigenvalue weighted by Crippen LogP contribution is -2.14.